The first-order chi connectivity index (χ1) is 34.3. The minimum Gasteiger partial charge on any atom is -0.481 e. The smallest absolute Gasteiger partial charge is 0.337 e. The maximum Gasteiger partial charge on any atom is 0.337 e. The zero-order chi connectivity index (χ0) is 51.7. The van der Waals surface area contributed by atoms with Gasteiger partial charge in [-0.2, -0.15) is 0 Å². The van der Waals surface area contributed by atoms with E-state index in [1.807, 2.05) is 0 Å². The molecule has 404 valence electrons. The number of rotatable bonds is 44. The number of ether oxygens (including phenoxy) is 5. The Morgan fingerprint density at radius 1 is 0.549 bits per heavy atom. The molecule has 0 spiro atoms. The third-order valence-electron chi connectivity index (χ3n) is 12.1. The number of hydrogen-bond acceptors (Lipinski definition) is 12. The monoisotopic (exact) mass is 1040 g/mol. The Morgan fingerprint density at radius 2 is 1.01 bits per heavy atom. The molecule has 2 rings (SSSR count). The fraction of sp³-hybridized carbons (Fsp3) is 0.745. The number of halogens is 2. The number of carboxylic acid groups (broad SMARTS) is 2. The van der Waals surface area contributed by atoms with Crippen LogP contribution in [-0.2, 0) is 52.5 Å². The summed E-state index contributed by atoms with van der Waals surface area (Å²) >= 11 is 11.9. The van der Waals surface area contributed by atoms with Crippen LogP contribution < -0.4 is 26.0 Å². The van der Waals surface area contributed by atoms with Crippen molar-refractivity contribution in [3.63, 3.8) is 0 Å². The second-order valence-corrected chi connectivity index (χ2v) is 18.9. The molecule has 18 nitrogen and oxygen atoms in total. The highest BCUT2D eigenvalue weighted by molar-refractivity contribution is 6.37. The van der Waals surface area contributed by atoms with Crippen LogP contribution in [0.2, 0.25) is 10.0 Å². The van der Waals surface area contributed by atoms with Crippen LogP contribution in [0.25, 0.3) is 0 Å². The Balaban J connectivity index is 1.37. The summed E-state index contributed by atoms with van der Waals surface area (Å²) in [6, 6.07) is 3.53. The first-order valence-electron chi connectivity index (χ1n) is 25.9. The predicted octanol–water partition coefficient (Wildman–Crippen LogP) is 7.58. The average molecular weight is 1050 g/mol. The van der Waals surface area contributed by atoms with E-state index in [0.717, 1.165) is 51.4 Å². The summed E-state index contributed by atoms with van der Waals surface area (Å²) in [5.74, 6) is -3.51. The van der Waals surface area contributed by atoms with Gasteiger partial charge in [0.25, 0.3) is 0 Å². The van der Waals surface area contributed by atoms with E-state index >= 15 is 0 Å². The molecule has 1 fully saturated rings. The number of esters is 1. The first kappa shape index (κ1) is 63.0. The van der Waals surface area contributed by atoms with Crippen LogP contribution in [0.1, 0.15) is 154 Å². The number of unbranched alkanes of at least 4 members (excludes halogenated alkanes) is 15. The van der Waals surface area contributed by atoms with E-state index < -0.39 is 23.9 Å². The van der Waals surface area contributed by atoms with Crippen LogP contribution in [0.4, 0.5) is 0 Å². The van der Waals surface area contributed by atoms with Crippen molar-refractivity contribution >= 4 is 64.7 Å². The summed E-state index contributed by atoms with van der Waals surface area (Å²) in [6.07, 6.45) is 22.1. The molecule has 1 saturated carbocycles. The number of carbonyl (C=O) groups is 7. The molecule has 20 heteroatoms. The Hall–Kier alpha value is -4.07. The van der Waals surface area contributed by atoms with Gasteiger partial charge in [0.05, 0.1) is 49.7 Å². The number of aliphatic carboxylic acids is 2. The summed E-state index contributed by atoms with van der Waals surface area (Å²) < 4.78 is 26.4. The topological polar surface area (TPSA) is 254 Å². The lowest BCUT2D eigenvalue weighted by Gasteiger charge is -2.28. The Morgan fingerprint density at radius 3 is 1.54 bits per heavy atom. The Bertz CT molecular complexity index is 1660. The standard InChI is InChI=1S/C51H82Cl2N4O14/c52-41-18-17-19-42(53)49(41)71-48(63)38-70-35-33-68-31-29-55-46(60)37-69-34-32-67-30-28-54-45(59)27-26-43(51(65)66)57-50(64)40-24-22-39(23-25-40)36-56-44(58)20-15-13-11-9-7-5-3-1-2-4-6-8-10-12-14-16-21-47(61)62/h17-19,39-40,43H,1-16,20-38H2,(H,54,59)(H,55,60)(H,56,58)(H,57,64)(H,61,62)(H,65,66)/t39?,40?,43-/m0/s1. The number of carboxylic acids is 2. The molecule has 0 heterocycles. The van der Waals surface area contributed by atoms with Crippen molar-refractivity contribution in [2.75, 3.05) is 72.5 Å². The third kappa shape index (κ3) is 34.1. The molecule has 0 aliphatic heterocycles. The molecular weight excluding hydrogens is 963 g/mol. The van der Waals surface area contributed by atoms with Gasteiger partial charge in [-0.3, -0.25) is 24.0 Å². The van der Waals surface area contributed by atoms with Crippen molar-refractivity contribution in [2.24, 2.45) is 11.8 Å². The minimum atomic E-state index is -1.21. The molecule has 0 bridgehead atoms. The molecule has 1 aliphatic rings. The molecule has 1 aromatic rings. The molecule has 0 unspecified atom stereocenters. The van der Waals surface area contributed by atoms with Gasteiger partial charge in [0.2, 0.25) is 23.6 Å². The summed E-state index contributed by atoms with van der Waals surface area (Å²) in [4.78, 5) is 84.1. The zero-order valence-corrected chi connectivity index (χ0v) is 43.3. The summed E-state index contributed by atoms with van der Waals surface area (Å²) in [6.45, 7) is 1.53. The van der Waals surface area contributed by atoms with Gasteiger partial charge in [-0.25, -0.2) is 9.59 Å². The second kappa shape index (κ2) is 41.4. The lowest BCUT2D eigenvalue weighted by Crippen LogP contribution is -2.45. The van der Waals surface area contributed by atoms with Crippen molar-refractivity contribution in [1.82, 2.24) is 21.3 Å². The van der Waals surface area contributed by atoms with Crippen LogP contribution in [0.15, 0.2) is 18.2 Å². The van der Waals surface area contributed by atoms with E-state index in [0.29, 0.717) is 25.8 Å². The van der Waals surface area contributed by atoms with Crippen LogP contribution >= 0.6 is 23.2 Å². The van der Waals surface area contributed by atoms with E-state index in [2.05, 4.69) is 21.3 Å². The maximum atomic E-state index is 13.0. The molecule has 4 amide bonds. The van der Waals surface area contributed by atoms with Crippen molar-refractivity contribution < 1.29 is 67.5 Å². The van der Waals surface area contributed by atoms with Crippen LogP contribution in [-0.4, -0.2) is 130 Å². The Labute approximate surface area is 430 Å². The van der Waals surface area contributed by atoms with E-state index in [4.69, 9.17) is 52.0 Å². The molecule has 1 atom stereocenters. The van der Waals surface area contributed by atoms with E-state index in [-0.39, 0.29) is 136 Å². The molecule has 0 saturated heterocycles. The number of nitrogens with one attached hydrogen (secondary N) is 4. The van der Waals surface area contributed by atoms with Crippen LogP contribution in [0, 0.1) is 11.8 Å². The molecule has 6 N–H and O–H groups in total. The largest absolute Gasteiger partial charge is 0.481 e. The summed E-state index contributed by atoms with van der Waals surface area (Å²) in [5.41, 5.74) is 0. The van der Waals surface area contributed by atoms with Crippen molar-refractivity contribution in [2.45, 2.75) is 160 Å². The van der Waals surface area contributed by atoms with Gasteiger partial charge in [-0.05, 0) is 63.0 Å². The highest BCUT2D eigenvalue weighted by atomic mass is 35.5. The molecular formula is C51H82Cl2N4O14. The average Bonchev–Trinajstić information content (AvgIpc) is 3.34. The number of para-hydroxylation sites is 1. The second-order valence-electron chi connectivity index (χ2n) is 18.1. The number of carbonyl (C=O) groups excluding carboxylic acids is 5. The quantitative estimate of drug-likeness (QED) is 0.0209. The normalized spacial score (nSPS) is 14.8. The first-order valence-corrected chi connectivity index (χ1v) is 26.6. The van der Waals surface area contributed by atoms with Crippen LogP contribution in [0.5, 0.6) is 5.75 Å². The molecule has 0 aromatic heterocycles. The van der Waals surface area contributed by atoms with Crippen molar-refractivity contribution in [3.05, 3.63) is 28.2 Å². The van der Waals surface area contributed by atoms with E-state index in [1.165, 1.54) is 64.2 Å². The molecule has 71 heavy (non-hydrogen) atoms. The maximum absolute atomic E-state index is 13.0. The number of amides is 4. The fourth-order valence-corrected chi connectivity index (χ4v) is 8.46. The third-order valence-corrected chi connectivity index (χ3v) is 12.7. The lowest BCUT2D eigenvalue weighted by atomic mass is 9.81. The van der Waals surface area contributed by atoms with Gasteiger partial charge in [0.1, 0.15) is 19.3 Å². The summed E-state index contributed by atoms with van der Waals surface area (Å²) in [5, 5.41) is 29.8. The lowest BCUT2D eigenvalue weighted by molar-refractivity contribution is -0.143. The number of hydrogen-bond donors (Lipinski definition) is 6. The van der Waals surface area contributed by atoms with E-state index in [1.54, 1.807) is 18.2 Å². The summed E-state index contributed by atoms with van der Waals surface area (Å²) in [7, 11) is 0. The van der Waals surface area contributed by atoms with E-state index in [9.17, 15) is 38.7 Å². The van der Waals surface area contributed by atoms with Gasteiger partial charge < -0.3 is 55.2 Å². The van der Waals surface area contributed by atoms with Crippen LogP contribution in [0.3, 0.4) is 0 Å². The van der Waals surface area contributed by atoms with Gasteiger partial charge in [-0.15, -0.1) is 0 Å². The van der Waals surface area contributed by atoms with Gasteiger partial charge in [-0.1, -0.05) is 119 Å². The van der Waals surface area contributed by atoms with Crippen molar-refractivity contribution in [1.29, 1.82) is 0 Å². The predicted molar refractivity (Wildman–Crippen MR) is 269 cm³/mol. The zero-order valence-electron chi connectivity index (χ0n) is 41.8. The van der Waals surface area contributed by atoms with Crippen molar-refractivity contribution in [3.8, 4) is 5.75 Å². The van der Waals surface area contributed by atoms with Gasteiger partial charge >= 0.3 is 17.9 Å². The fourth-order valence-electron chi connectivity index (χ4n) is 7.98. The van der Waals surface area contributed by atoms with Gasteiger partial charge in [0, 0.05) is 44.8 Å². The highest BCUT2D eigenvalue weighted by Crippen LogP contribution is 2.32. The van der Waals surface area contributed by atoms with Gasteiger partial charge in [0.15, 0.2) is 5.75 Å². The molecule has 1 aliphatic carbocycles. The Kier molecular flexibility index (Phi) is 36.8. The number of benzene rings is 1. The molecule has 1 aromatic carbocycles. The molecule has 0 radical (unpaired) electrons. The highest BCUT2D eigenvalue weighted by Gasteiger charge is 2.30. The SMILES string of the molecule is O=C(O)CCCCCCCCCCCCCCCCCCC(=O)NCC1CCC(C(=O)N[C@@H](CCC(=O)NCCOCCOCC(=O)NCCOCCOCC(=O)Oc2c(Cl)cccc2Cl)C(=O)O)CC1. The minimum absolute atomic E-state index is 0.0603.